The third-order valence-corrected chi connectivity index (χ3v) is 7.06. The zero-order chi connectivity index (χ0) is 22.1. The second kappa shape index (κ2) is 9.05. The maximum absolute atomic E-state index is 13.6. The molecule has 1 amide bonds. The van der Waals surface area contributed by atoms with Crippen LogP contribution in [0.2, 0.25) is 0 Å². The zero-order valence-electron chi connectivity index (χ0n) is 18.4. The third kappa shape index (κ3) is 4.30. The molecule has 3 heterocycles. The van der Waals surface area contributed by atoms with Crippen LogP contribution in [0, 0.1) is 13.8 Å². The lowest BCUT2D eigenvalue weighted by molar-refractivity contribution is -0.127. The molecule has 2 aromatic carbocycles. The first-order valence-corrected chi connectivity index (χ1v) is 11.8. The lowest BCUT2D eigenvalue weighted by atomic mass is 10.1. The second-order valence-corrected chi connectivity index (χ2v) is 9.22. The second-order valence-electron chi connectivity index (χ2n) is 8.21. The standard InChI is InChI=1S/C24H27N3O4S/c1-16-13-18-22(14-17(16)2)32-24(25-18)27(8-7-26-9-11-29-12-10-26)23(28)21-15-30-19-5-3-4-6-20(19)31-21/h3-6,13-14,21H,7-12,15H2,1-2H3. The normalized spacial score (nSPS) is 18.6. The van der Waals surface area contributed by atoms with Gasteiger partial charge in [0.25, 0.3) is 5.91 Å². The largest absolute Gasteiger partial charge is 0.485 e. The molecule has 1 fully saturated rings. The molecule has 8 heteroatoms. The highest BCUT2D eigenvalue weighted by atomic mass is 32.1. The fraction of sp³-hybridized carbons (Fsp3) is 0.417. The van der Waals surface area contributed by atoms with Gasteiger partial charge in [-0.05, 0) is 49.2 Å². The van der Waals surface area contributed by atoms with Crippen molar-refractivity contribution in [3.05, 3.63) is 47.5 Å². The van der Waals surface area contributed by atoms with E-state index in [9.17, 15) is 4.79 Å². The summed E-state index contributed by atoms with van der Waals surface area (Å²) in [4.78, 5) is 22.5. The van der Waals surface area contributed by atoms with E-state index in [0.29, 0.717) is 23.2 Å². The van der Waals surface area contributed by atoms with Crippen molar-refractivity contribution in [2.45, 2.75) is 20.0 Å². The van der Waals surface area contributed by atoms with E-state index in [1.54, 1.807) is 16.2 Å². The Hall–Kier alpha value is -2.68. The molecule has 0 bridgehead atoms. The first-order valence-electron chi connectivity index (χ1n) is 11.0. The summed E-state index contributed by atoms with van der Waals surface area (Å²) in [6.07, 6.45) is -0.704. The molecule has 168 valence electrons. The predicted molar refractivity (Wildman–Crippen MR) is 125 cm³/mol. The average Bonchev–Trinajstić information content (AvgIpc) is 3.22. The van der Waals surface area contributed by atoms with Crippen LogP contribution in [-0.4, -0.2) is 67.9 Å². The number of anilines is 1. The van der Waals surface area contributed by atoms with Gasteiger partial charge in [-0.3, -0.25) is 14.6 Å². The molecule has 0 spiro atoms. The minimum Gasteiger partial charge on any atom is -0.485 e. The van der Waals surface area contributed by atoms with Crippen LogP contribution in [0.25, 0.3) is 10.2 Å². The van der Waals surface area contributed by atoms with Crippen LogP contribution in [0.1, 0.15) is 11.1 Å². The van der Waals surface area contributed by atoms with E-state index in [1.165, 1.54) is 11.1 Å². The molecule has 3 aromatic rings. The Balaban J connectivity index is 1.42. The van der Waals surface area contributed by atoms with Gasteiger partial charge in [-0.2, -0.15) is 0 Å². The number of hydrogen-bond acceptors (Lipinski definition) is 7. The van der Waals surface area contributed by atoms with Crippen LogP contribution < -0.4 is 14.4 Å². The van der Waals surface area contributed by atoms with Gasteiger partial charge in [-0.1, -0.05) is 23.5 Å². The van der Waals surface area contributed by atoms with E-state index < -0.39 is 6.10 Å². The number of para-hydroxylation sites is 2. The summed E-state index contributed by atoms with van der Waals surface area (Å²) in [5.41, 5.74) is 3.34. The number of rotatable bonds is 5. The number of aromatic nitrogens is 1. The van der Waals surface area contributed by atoms with Crippen LogP contribution in [0.4, 0.5) is 5.13 Å². The van der Waals surface area contributed by atoms with E-state index in [2.05, 4.69) is 30.9 Å². The molecule has 1 aromatic heterocycles. The summed E-state index contributed by atoms with van der Waals surface area (Å²) in [5.74, 6) is 1.14. The van der Waals surface area contributed by atoms with Crippen molar-refractivity contribution in [1.82, 2.24) is 9.88 Å². The number of benzene rings is 2. The molecule has 0 radical (unpaired) electrons. The van der Waals surface area contributed by atoms with Crippen molar-refractivity contribution in [2.24, 2.45) is 0 Å². The molecule has 1 unspecified atom stereocenters. The van der Waals surface area contributed by atoms with Crippen molar-refractivity contribution < 1.29 is 19.0 Å². The van der Waals surface area contributed by atoms with Gasteiger partial charge in [0, 0.05) is 26.2 Å². The number of carbonyl (C=O) groups excluding carboxylic acids is 1. The number of carbonyl (C=O) groups is 1. The first-order chi connectivity index (χ1) is 15.6. The van der Waals surface area contributed by atoms with Gasteiger partial charge in [0.2, 0.25) is 6.10 Å². The molecule has 1 atom stereocenters. The summed E-state index contributed by atoms with van der Waals surface area (Å²) in [7, 11) is 0. The number of hydrogen-bond donors (Lipinski definition) is 0. The number of ether oxygens (including phenoxy) is 3. The summed E-state index contributed by atoms with van der Waals surface area (Å²) in [6, 6.07) is 11.7. The van der Waals surface area contributed by atoms with E-state index in [-0.39, 0.29) is 12.5 Å². The van der Waals surface area contributed by atoms with E-state index in [4.69, 9.17) is 19.2 Å². The van der Waals surface area contributed by atoms with Gasteiger partial charge in [-0.25, -0.2) is 4.98 Å². The highest BCUT2D eigenvalue weighted by Gasteiger charge is 2.33. The number of amides is 1. The molecule has 2 aliphatic rings. The number of fused-ring (bicyclic) bond motifs is 2. The Labute approximate surface area is 191 Å². The summed E-state index contributed by atoms with van der Waals surface area (Å²) < 4.78 is 18.4. The van der Waals surface area contributed by atoms with Crippen LogP contribution in [-0.2, 0) is 9.53 Å². The fourth-order valence-electron chi connectivity index (χ4n) is 3.96. The molecule has 1 saturated heterocycles. The molecular weight excluding hydrogens is 426 g/mol. The van der Waals surface area contributed by atoms with E-state index in [1.807, 2.05) is 24.3 Å². The summed E-state index contributed by atoms with van der Waals surface area (Å²) in [6.45, 7) is 8.86. The number of morpholine rings is 1. The third-order valence-electron chi connectivity index (χ3n) is 6.02. The number of thiazole rings is 1. The first kappa shape index (κ1) is 21.2. The number of aryl methyl sites for hydroxylation is 2. The zero-order valence-corrected chi connectivity index (χ0v) is 19.2. The lowest BCUT2D eigenvalue weighted by Gasteiger charge is -2.32. The molecule has 32 heavy (non-hydrogen) atoms. The highest BCUT2D eigenvalue weighted by Crippen LogP contribution is 2.34. The van der Waals surface area contributed by atoms with Crippen LogP contribution in [0.5, 0.6) is 11.5 Å². The Morgan fingerprint density at radius 1 is 1.16 bits per heavy atom. The van der Waals surface area contributed by atoms with Crippen LogP contribution in [0.15, 0.2) is 36.4 Å². The van der Waals surface area contributed by atoms with E-state index in [0.717, 1.165) is 43.1 Å². The van der Waals surface area contributed by atoms with Gasteiger partial charge in [-0.15, -0.1) is 0 Å². The van der Waals surface area contributed by atoms with E-state index >= 15 is 0 Å². The Morgan fingerprint density at radius 3 is 2.72 bits per heavy atom. The van der Waals surface area contributed by atoms with Gasteiger partial charge in [0.1, 0.15) is 6.61 Å². The Morgan fingerprint density at radius 2 is 1.91 bits per heavy atom. The van der Waals surface area contributed by atoms with Crippen molar-refractivity contribution in [3.63, 3.8) is 0 Å². The smallest absolute Gasteiger partial charge is 0.273 e. The summed E-state index contributed by atoms with van der Waals surface area (Å²) in [5, 5.41) is 0.700. The monoisotopic (exact) mass is 453 g/mol. The van der Waals surface area contributed by atoms with Gasteiger partial charge >= 0.3 is 0 Å². The Bertz CT molecular complexity index is 1090. The molecule has 0 aliphatic carbocycles. The quantitative estimate of drug-likeness (QED) is 0.590. The molecular formula is C24H27N3O4S. The molecule has 0 N–H and O–H groups in total. The van der Waals surface area contributed by atoms with Crippen molar-refractivity contribution in [1.29, 1.82) is 0 Å². The maximum atomic E-state index is 13.6. The van der Waals surface area contributed by atoms with Crippen molar-refractivity contribution in [3.8, 4) is 11.5 Å². The molecule has 2 aliphatic heterocycles. The molecule has 0 saturated carbocycles. The topological polar surface area (TPSA) is 64.1 Å². The van der Waals surface area contributed by atoms with Crippen LogP contribution >= 0.6 is 11.3 Å². The molecule has 5 rings (SSSR count). The molecule has 7 nitrogen and oxygen atoms in total. The minimum absolute atomic E-state index is 0.125. The minimum atomic E-state index is -0.704. The van der Waals surface area contributed by atoms with Gasteiger partial charge in [0.05, 0.1) is 23.4 Å². The van der Waals surface area contributed by atoms with Crippen molar-refractivity contribution in [2.75, 3.05) is 50.9 Å². The Kier molecular flexibility index (Phi) is 5.99. The lowest BCUT2D eigenvalue weighted by Crippen LogP contribution is -2.49. The fourth-order valence-corrected chi connectivity index (χ4v) is 5.04. The van der Waals surface area contributed by atoms with Crippen molar-refractivity contribution >= 4 is 32.6 Å². The predicted octanol–water partition coefficient (Wildman–Crippen LogP) is 3.42. The summed E-state index contributed by atoms with van der Waals surface area (Å²) >= 11 is 1.55. The van der Waals surface area contributed by atoms with Gasteiger partial charge in [0.15, 0.2) is 16.6 Å². The van der Waals surface area contributed by atoms with Gasteiger partial charge < -0.3 is 14.2 Å². The SMILES string of the molecule is Cc1cc2nc(N(CCN3CCOCC3)C(=O)C3COc4ccccc4O3)sc2cc1C. The maximum Gasteiger partial charge on any atom is 0.273 e. The number of nitrogens with zero attached hydrogens (tertiary/aromatic N) is 3. The highest BCUT2D eigenvalue weighted by molar-refractivity contribution is 7.22. The van der Waals surface area contributed by atoms with Crippen LogP contribution in [0.3, 0.4) is 0 Å². The average molecular weight is 454 g/mol.